The number of benzene rings is 3. The van der Waals surface area contributed by atoms with Crippen molar-refractivity contribution in [3.63, 3.8) is 0 Å². The van der Waals surface area contributed by atoms with Crippen molar-refractivity contribution in [2.75, 3.05) is 18.8 Å². The Bertz CT molecular complexity index is 1230. The van der Waals surface area contributed by atoms with Crippen LogP contribution in [-0.4, -0.2) is 25.5 Å². The summed E-state index contributed by atoms with van der Waals surface area (Å²) in [5.74, 6) is -0.742. The van der Waals surface area contributed by atoms with Crippen molar-refractivity contribution >= 4 is 11.5 Å². The number of hydroxylamine groups is 1. The molecule has 0 aliphatic carbocycles. The zero-order valence-corrected chi connectivity index (χ0v) is 19.4. The topological polar surface area (TPSA) is 48.0 Å². The van der Waals surface area contributed by atoms with Gasteiger partial charge in [-0.05, 0) is 47.5 Å². The number of nitrogens with zero attached hydrogens (tertiary/aromatic N) is 1. The van der Waals surface area contributed by atoms with Gasteiger partial charge in [-0.1, -0.05) is 30.3 Å². The number of ketones is 1. The highest BCUT2D eigenvalue weighted by molar-refractivity contribution is 5.90. The smallest absolute Gasteiger partial charge is 0.416 e. The number of anilines is 1. The quantitative estimate of drug-likeness (QED) is 0.326. The van der Waals surface area contributed by atoms with Gasteiger partial charge in [0.05, 0.1) is 23.9 Å². The lowest BCUT2D eigenvalue weighted by molar-refractivity contribution is -0.143. The lowest BCUT2D eigenvalue weighted by atomic mass is 10.1. The maximum atomic E-state index is 13.1. The molecule has 0 amide bonds. The summed E-state index contributed by atoms with van der Waals surface area (Å²) in [6.07, 6.45) is -9.86. The van der Waals surface area contributed by atoms with Crippen molar-refractivity contribution < 1.29 is 45.4 Å². The summed E-state index contributed by atoms with van der Waals surface area (Å²) in [5.41, 5.74) is -0.773. The molecule has 0 saturated carbocycles. The lowest BCUT2D eigenvalue weighted by Crippen LogP contribution is -2.40. The molecule has 0 spiro atoms. The van der Waals surface area contributed by atoms with Crippen LogP contribution in [0, 0.1) is 0 Å². The zero-order chi connectivity index (χ0) is 26.8. The maximum Gasteiger partial charge on any atom is 0.416 e. The minimum atomic E-state index is -5.02. The molecule has 196 valence electrons. The van der Waals surface area contributed by atoms with Crippen LogP contribution in [0.15, 0.2) is 66.7 Å². The number of rotatable bonds is 8. The Hall–Kier alpha value is -3.73. The SMILES string of the molecule is CON1c2ccc(OCc3ccccc3)cc2CC1C(=O)COc1cc(C(F)(F)F)cc(C(F)(F)F)c1. The third-order valence-electron chi connectivity index (χ3n) is 5.74. The molecular weight excluding hydrogens is 504 g/mol. The Balaban J connectivity index is 1.46. The lowest BCUT2D eigenvalue weighted by Gasteiger charge is -2.23. The highest BCUT2D eigenvalue weighted by Gasteiger charge is 2.38. The van der Waals surface area contributed by atoms with Gasteiger partial charge in [-0.2, -0.15) is 26.3 Å². The molecule has 37 heavy (non-hydrogen) atoms. The van der Waals surface area contributed by atoms with Crippen molar-refractivity contribution in [3.05, 3.63) is 89.0 Å². The minimum Gasteiger partial charge on any atom is -0.489 e. The van der Waals surface area contributed by atoms with Gasteiger partial charge < -0.3 is 9.47 Å². The van der Waals surface area contributed by atoms with Crippen molar-refractivity contribution in [1.82, 2.24) is 0 Å². The highest BCUT2D eigenvalue weighted by Crippen LogP contribution is 2.39. The number of Topliss-reactive ketones (excluding diaryl/α,β-unsaturated/α-hetero) is 1. The highest BCUT2D eigenvalue weighted by atomic mass is 19.4. The van der Waals surface area contributed by atoms with E-state index in [4.69, 9.17) is 14.3 Å². The number of fused-ring (bicyclic) bond motifs is 1. The van der Waals surface area contributed by atoms with Gasteiger partial charge in [-0.15, -0.1) is 0 Å². The molecule has 0 N–H and O–H groups in total. The van der Waals surface area contributed by atoms with E-state index in [-0.39, 0.29) is 12.5 Å². The first-order chi connectivity index (χ1) is 17.5. The largest absolute Gasteiger partial charge is 0.489 e. The molecule has 1 unspecified atom stereocenters. The summed E-state index contributed by atoms with van der Waals surface area (Å²) in [5, 5.41) is 1.33. The molecule has 1 atom stereocenters. The first-order valence-corrected chi connectivity index (χ1v) is 11.0. The van der Waals surface area contributed by atoms with E-state index in [1.165, 1.54) is 12.2 Å². The Morgan fingerprint density at radius 2 is 1.51 bits per heavy atom. The maximum absolute atomic E-state index is 13.1. The van der Waals surface area contributed by atoms with Crippen LogP contribution >= 0.6 is 0 Å². The molecule has 1 aliphatic heterocycles. The van der Waals surface area contributed by atoms with E-state index < -0.39 is 47.7 Å². The fourth-order valence-corrected chi connectivity index (χ4v) is 3.96. The second-order valence-corrected chi connectivity index (χ2v) is 8.29. The van der Waals surface area contributed by atoms with Crippen molar-refractivity contribution in [2.45, 2.75) is 31.4 Å². The van der Waals surface area contributed by atoms with E-state index in [0.717, 1.165) is 11.1 Å². The van der Waals surface area contributed by atoms with Crippen LogP contribution < -0.4 is 14.5 Å². The summed E-state index contributed by atoms with van der Waals surface area (Å²) in [7, 11) is 1.35. The minimum absolute atomic E-state index is 0.00754. The third kappa shape index (κ3) is 6.16. The van der Waals surface area contributed by atoms with Gasteiger partial charge in [-0.25, -0.2) is 5.06 Å². The van der Waals surface area contributed by atoms with Gasteiger partial charge in [0, 0.05) is 6.42 Å². The molecule has 1 aliphatic rings. The van der Waals surface area contributed by atoms with Crippen LogP contribution in [0.1, 0.15) is 22.3 Å². The summed E-state index contributed by atoms with van der Waals surface area (Å²) < 4.78 is 89.4. The average Bonchev–Trinajstić information content (AvgIpc) is 3.23. The zero-order valence-electron chi connectivity index (χ0n) is 19.4. The molecule has 3 aromatic rings. The number of carbonyl (C=O) groups is 1. The van der Waals surface area contributed by atoms with Crippen LogP contribution in [0.4, 0.5) is 32.0 Å². The van der Waals surface area contributed by atoms with Gasteiger partial charge in [0.2, 0.25) is 0 Å². The normalized spacial score (nSPS) is 15.4. The number of hydrogen-bond acceptors (Lipinski definition) is 5. The van der Waals surface area contributed by atoms with E-state index >= 15 is 0 Å². The third-order valence-corrected chi connectivity index (χ3v) is 5.74. The Morgan fingerprint density at radius 1 is 0.865 bits per heavy atom. The molecule has 1 heterocycles. The molecule has 3 aromatic carbocycles. The summed E-state index contributed by atoms with van der Waals surface area (Å²) in [6, 6.07) is 14.6. The molecule has 0 bridgehead atoms. The molecule has 0 aromatic heterocycles. The molecule has 0 radical (unpaired) electrons. The van der Waals surface area contributed by atoms with Crippen molar-refractivity contribution in [2.24, 2.45) is 0 Å². The van der Waals surface area contributed by atoms with Gasteiger partial charge in [0.15, 0.2) is 5.78 Å². The van der Waals surface area contributed by atoms with Crippen LogP contribution in [0.5, 0.6) is 11.5 Å². The molecule has 5 nitrogen and oxygen atoms in total. The van der Waals surface area contributed by atoms with Crippen molar-refractivity contribution in [1.29, 1.82) is 0 Å². The summed E-state index contributed by atoms with van der Waals surface area (Å²) in [4.78, 5) is 18.2. The number of carbonyl (C=O) groups excluding carboxylic acids is 1. The fourth-order valence-electron chi connectivity index (χ4n) is 3.96. The Morgan fingerprint density at radius 3 is 2.11 bits per heavy atom. The Labute approximate surface area is 208 Å². The predicted octanol–water partition coefficient (Wildman–Crippen LogP) is 6.24. The van der Waals surface area contributed by atoms with Gasteiger partial charge in [-0.3, -0.25) is 9.63 Å². The van der Waals surface area contributed by atoms with Gasteiger partial charge in [0.1, 0.15) is 30.8 Å². The molecule has 4 rings (SSSR count). The Kier molecular flexibility index (Phi) is 7.35. The van der Waals surface area contributed by atoms with Crippen LogP contribution in [-0.2, 0) is 35.0 Å². The fraction of sp³-hybridized carbons (Fsp3) is 0.269. The predicted molar refractivity (Wildman–Crippen MR) is 121 cm³/mol. The number of hydrogen-bond donors (Lipinski definition) is 0. The second kappa shape index (κ2) is 10.3. The van der Waals surface area contributed by atoms with E-state index in [0.29, 0.717) is 30.2 Å². The number of ether oxygens (including phenoxy) is 2. The monoisotopic (exact) mass is 525 g/mol. The molecule has 0 saturated heterocycles. The van der Waals surface area contributed by atoms with Crippen molar-refractivity contribution in [3.8, 4) is 11.5 Å². The standard InChI is InChI=1S/C26H21F6NO4/c1-35-33-22-8-7-20(36-14-16-5-3-2-4-6-16)9-17(22)10-23(33)24(34)15-37-21-12-18(25(27,28)29)11-19(13-21)26(30,31)32/h2-9,11-13,23H,10,14-15H2,1H3. The molecular formula is C26H21F6NO4. The second-order valence-electron chi connectivity index (χ2n) is 8.29. The van der Waals surface area contributed by atoms with Crippen LogP contribution in [0.3, 0.4) is 0 Å². The van der Waals surface area contributed by atoms with E-state index in [1.807, 2.05) is 30.3 Å². The van der Waals surface area contributed by atoms with Gasteiger partial charge >= 0.3 is 12.4 Å². The summed E-state index contributed by atoms with van der Waals surface area (Å²) in [6.45, 7) is -0.421. The first-order valence-electron chi connectivity index (χ1n) is 11.0. The summed E-state index contributed by atoms with van der Waals surface area (Å²) >= 11 is 0. The number of alkyl halides is 6. The van der Waals surface area contributed by atoms with Crippen LogP contribution in [0.25, 0.3) is 0 Å². The van der Waals surface area contributed by atoms with E-state index in [9.17, 15) is 31.1 Å². The molecule has 0 fully saturated rings. The van der Waals surface area contributed by atoms with Gasteiger partial charge in [0.25, 0.3) is 0 Å². The number of halogens is 6. The first kappa shape index (κ1) is 26.3. The van der Waals surface area contributed by atoms with E-state index in [2.05, 4.69) is 0 Å². The average molecular weight is 525 g/mol. The van der Waals surface area contributed by atoms with E-state index in [1.54, 1.807) is 18.2 Å². The van der Waals surface area contributed by atoms with Crippen LogP contribution in [0.2, 0.25) is 0 Å². The molecule has 11 heteroatoms.